The van der Waals surface area contributed by atoms with Gasteiger partial charge < -0.3 is 35.5 Å². The van der Waals surface area contributed by atoms with Crippen LogP contribution in [0, 0.1) is 12.3 Å². The molecule has 2 fully saturated rings. The molecule has 40 heavy (non-hydrogen) atoms. The largest absolute Gasteiger partial charge is 0.474 e. The predicted molar refractivity (Wildman–Crippen MR) is 154 cm³/mol. The highest BCUT2D eigenvalue weighted by Crippen LogP contribution is 2.46. The molecule has 4 heterocycles. The van der Waals surface area contributed by atoms with Crippen molar-refractivity contribution in [2.75, 3.05) is 60.2 Å². The number of ether oxygens (including phenoxy) is 1. The minimum Gasteiger partial charge on any atom is -0.474 e. The zero-order valence-corrected chi connectivity index (χ0v) is 22.7. The Labute approximate surface area is 231 Å². The number of piperazine rings is 1. The van der Waals surface area contributed by atoms with Crippen molar-refractivity contribution in [3.63, 3.8) is 0 Å². The molecule has 208 valence electrons. The van der Waals surface area contributed by atoms with Gasteiger partial charge in [0.1, 0.15) is 17.9 Å². The molecule has 11 heteroatoms. The molecule has 1 saturated heterocycles. The lowest BCUT2D eigenvalue weighted by atomic mass is 10.1. The van der Waals surface area contributed by atoms with E-state index in [4.69, 9.17) is 4.74 Å². The molecule has 6 rings (SSSR count). The number of rotatable bonds is 6. The molecule has 0 unspecified atom stereocenters. The zero-order valence-electron chi connectivity index (χ0n) is 22.7. The fourth-order valence-corrected chi connectivity index (χ4v) is 5.20. The Bertz CT molecular complexity index is 1510. The minimum atomic E-state index is -0.525. The van der Waals surface area contributed by atoms with E-state index in [9.17, 15) is 14.4 Å². The van der Waals surface area contributed by atoms with Crippen molar-refractivity contribution < 1.29 is 14.3 Å². The Morgan fingerprint density at radius 2 is 1.80 bits per heavy atom. The average molecular weight is 544 g/mol. The average Bonchev–Trinajstić information content (AvgIpc) is 3.73. The van der Waals surface area contributed by atoms with E-state index >= 15 is 0 Å². The number of anilines is 5. The van der Waals surface area contributed by atoms with Crippen LogP contribution >= 0.6 is 0 Å². The second-order valence-corrected chi connectivity index (χ2v) is 10.8. The van der Waals surface area contributed by atoms with E-state index in [0.717, 1.165) is 42.9 Å². The summed E-state index contributed by atoms with van der Waals surface area (Å²) in [7, 11) is 0. The van der Waals surface area contributed by atoms with Gasteiger partial charge in [0.15, 0.2) is 0 Å². The second-order valence-electron chi connectivity index (χ2n) is 10.8. The van der Waals surface area contributed by atoms with Crippen LogP contribution in [0.25, 0.3) is 0 Å². The number of pyridine rings is 2. The third-order valence-electron chi connectivity index (χ3n) is 7.98. The highest BCUT2D eigenvalue weighted by atomic mass is 16.5. The van der Waals surface area contributed by atoms with Gasteiger partial charge in [-0.3, -0.25) is 14.4 Å². The number of carbonyl (C=O) groups excluding carboxylic acids is 2. The first-order valence-electron chi connectivity index (χ1n) is 13.6. The second kappa shape index (κ2) is 10.2. The number of aromatic nitrogens is 2. The first-order valence-corrected chi connectivity index (χ1v) is 13.6. The number of nitrogens with zero attached hydrogens (tertiary/aromatic N) is 3. The fraction of sp³-hybridized carbons (Fsp3) is 0.379. The van der Waals surface area contributed by atoms with E-state index < -0.39 is 11.5 Å². The Hall–Kier alpha value is -4.54. The van der Waals surface area contributed by atoms with Gasteiger partial charge in [-0.25, -0.2) is 4.98 Å². The number of amides is 2. The maximum absolute atomic E-state index is 13.3. The summed E-state index contributed by atoms with van der Waals surface area (Å²) in [4.78, 5) is 49.8. The molecule has 11 nitrogen and oxygen atoms in total. The summed E-state index contributed by atoms with van der Waals surface area (Å²) in [6, 6.07) is 9.19. The van der Waals surface area contributed by atoms with Crippen molar-refractivity contribution in [2.45, 2.75) is 26.7 Å². The number of hydrogen-bond acceptors (Lipinski definition) is 8. The van der Waals surface area contributed by atoms with Gasteiger partial charge in [-0.05, 0) is 50.1 Å². The van der Waals surface area contributed by atoms with Crippen molar-refractivity contribution in [2.24, 2.45) is 5.41 Å². The van der Waals surface area contributed by atoms with Gasteiger partial charge in [0.2, 0.25) is 11.8 Å². The van der Waals surface area contributed by atoms with Gasteiger partial charge in [0.05, 0.1) is 17.6 Å². The lowest BCUT2D eigenvalue weighted by molar-refractivity contribution is -0.136. The minimum absolute atomic E-state index is 0.0296. The third-order valence-corrected chi connectivity index (χ3v) is 7.98. The third kappa shape index (κ3) is 4.94. The molecule has 3 aliphatic rings. The van der Waals surface area contributed by atoms with Crippen LogP contribution in [0.3, 0.4) is 0 Å². The van der Waals surface area contributed by atoms with E-state index in [-0.39, 0.29) is 16.9 Å². The summed E-state index contributed by atoms with van der Waals surface area (Å²) in [5.41, 5.74) is 3.62. The first-order chi connectivity index (χ1) is 19.3. The summed E-state index contributed by atoms with van der Waals surface area (Å²) < 4.78 is 5.59. The maximum atomic E-state index is 13.3. The number of hydrogen-bond donors (Lipinski definition) is 4. The van der Waals surface area contributed by atoms with Gasteiger partial charge in [0, 0.05) is 61.3 Å². The molecule has 2 aromatic heterocycles. The molecular formula is C29H33N7O4. The number of benzene rings is 1. The van der Waals surface area contributed by atoms with Crippen molar-refractivity contribution in [3.05, 3.63) is 64.2 Å². The van der Waals surface area contributed by atoms with Crippen molar-refractivity contribution >= 4 is 40.3 Å². The number of nitrogens with one attached hydrogen (secondary N) is 4. The maximum Gasteiger partial charge on any atom is 0.263 e. The topological polar surface area (TPSA) is 132 Å². The predicted octanol–water partition coefficient (Wildman–Crippen LogP) is 3.33. The molecule has 2 amide bonds. The van der Waals surface area contributed by atoms with E-state index in [0.29, 0.717) is 49.2 Å². The van der Waals surface area contributed by atoms with Crippen LogP contribution in [-0.4, -0.2) is 66.0 Å². The molecule has 2 aliphatic heterocycles. The van der Waals surface area contributed by atoms with Gasteiger partial charge in [-0.2, -0.15) is 0 Å². The first kappa shape index (κ1) is 25.7. The van der Waals surface area contributed by atoms with Crippen LogP contribution in [0.5, 0.6) is 5.88 Å². The van der Waals surface area contributed by atoms with E-state index in [2.05, 4.69) is 37.7 Å². The van der Waals surface area contributed by atoms with Gasteiger partial charge >= 0.3 is 0 Å². The van der Waals surface area contributed by atoms with Crippen LogP contribution in [0.2, 0.25) is 0 Å². The van der Waals surface area contributed by atoms with Crippen molar-refractivity contribution in [1.29, 1.82) is 0 Å². The van der Waals surface area contributed by atoms with Crippen LogP contribution in [-0.2, 0) is 4.79 Å². The molecule has 3 aromatic rings. The quantitative estimate of drug-likeness (QED) is 0.372. The van der Waals surface area contributed by atoms with Gasteiger partial charge in [0.25, 0.3) is 11.5 Å². The Kier molecular flexibility index (Phi) is 6.57. The van der Waals surface area contributed by atoms with Crippen LogP contribution in [0.4, 0.5) is 28.4 Å². The lowest BCUT2D eigenvalue weighted by Gasteiger charge is -2.37. The van der Waals surface area contributed by atoms with E-state index in [1.807, 2.05) is 36.1 Å². The normalized spacial score (nSPS) is 17.2. The molecule has 4 N–H and O–H groups in total. The molecule has 1 aromatic carbocycles. The SMILES string of the molecule is Cc1c(Nc2cc[nH]c(=O)c2C(=O)Nc2ccc(N3CCN(C(=O)C4(C)CC4)CC3)cc2)cnc2c1NCCO2. The van der Waals surface area contributed by atoms with Gasteiger partial charge in [-0.1, -0.05) is 6.92 Å². The summed E-state index contributed by atoms with van der Waals surface area (Å²) in [6.07, 6.45) is 5.11. The Morgan fingerprint density at radius 1 is 1.05 bits per heavy atom. The fourth-order valence-electron chi connectivity index (χ4n) is 5.20. The smallest absolute Gasteiger partial charge is 0.263 e. The number of fused-ring (bicyclic) bond motifs is 1. The summed E-state index contributed by atoms with van der Waals surface area (Å²) >= 11 is 0. The number of H-pyrrole nitrogens is 1. The highest BCUT2D eigenvalue weighted by Gasteiger charge is 2.47. The summed E-state index contributed by atoms with van der Waals surface area (Å²) in [5, 5.41) is 9.34. The molecular weight excluding hydrogens is 510 g/mol. The van der Waals surface area contributed by atoms with E-state index in [1.54, 1.807) is 12.3 Å². The number of carbonyl (C=O) groups is 2. The van der Waals surface area contributed by atoms with Crippen LogP contribution in [0.15, 0.2) is 47.5 Å². The van der Waals surface area contributed by atoms with Crippen molar-refractivity contribution in [1.82, 2.24) is 14.9 Å². The standard InChI is InChI=1S/C29H33N7O4/c1-18-22(17-32-27-24(18)30-11-16-40-27)34-21-7-10-31-25(37)23(21)26(38)33-19-3-5-20(6-4-19)35-12-14-36(15-13-35)28(39)29(2)8-9-29/h3-7,10,17,30H,8-9,11-16H2,1-2H3,(H,33,38)(H2,31,34,37). The molecule has 0 radical (unpaired) electrons. The molecule has 1 aliphatic carbocycles. The summed E-state index contributed by atoms with van der Waals surface area (Å²) in [5.74, 6) is 0.283. The zero-order chi connectivity index (χ0) is 27.9. The lowest BCUT2D eigenvalue weighted by Crippen LogP contribution is -2.50. The molecule has 0 atom stereocenters. The Balaban J connectivity index is 1.13. The monoisotopic (exact) mass is 543 g/mol. The van der Waals surface area contributed by atoms with Crippen molar-refractivity contribution in [3.8, 4) is 5.88 Å². The molecule has 1 saturated carbocycles. The Morgan fingerprint density at radius 3 is 2.52 bits per heavy atom. The van der Waals surface area contributed by atoms with E-state index in [1.165, 1.54) is 6.20 Å². The van der Waals surface area contributed by atoms with Crippen LogP contribution < -0.4 is 31.1 Å². The number of aromatic amines is 1. The van der Waals surface area contributed by atoms with Crippen LogP contribution in [0.1, 0.15) is 35.7 Å². The summed E-state index contributed by atoms with van der Waals surface area (Å²) in [6.45, 7) is 8.14. The molecule has 0 bridgehead atoms. The molecule has 0 spiro atoms. The highest BCUT2D eigenvalue weighted by molar-refractivity contribution is 6.08. The van der Waals surface area contributed by atoms with Gasteiger partial charge in [-0.15, -0.1) is 0 Å².